The van der Waals surface area contributed by atoms with Gasteiger partial charge in [-0.25, -0.2) is 0 Å². The number of piperidine rings is 1. The van der Waals surface area contributed by atoms with Crippen molar-refractivity contribution in [2.24, 2.45) is 0 Å². The number of likely N-dealkylation sites (tertiary alicyclic amines) is 1. The molecule has 0 bridgehead atoms. The van der Waals surface area contributed by atoms with E-state index in [1.54, 1.807) is 0 Å². The smallest absolute Gasteiger partial charge is 0.0306 e. The summed E-state index contributed by atoms with van der Waals surface area (Å²) in [5, 5.41) is 3.84. The van der Waals surface area contributed by atoms with Crippen molar-refractivity contribution in [3.05, 3.63) is 0 Å². The fourth-order valence-electron chi connectivity index (χ4n) is 3.49. The molecular formula is C18H38N2. The van der Waals surface area contributed by atoms with E-state index in [-0.39, 0.29) is 0 Å². The molecule has 2 nitrogen and oxygen atoms in total. The van der Waals surface area contributed by atoms with Gasteiger partial charge in [-0.15, -0.1) is 0 Å². The highest BCUT2D eigenvalue weighted by atomic mass is 15.2. The Bertz CT molecular complexity index is 232. The van der Waals surface area contributed by atoms with Crippen LogP contribution in [0.15, 0.2) is 0 Å². The molecule has 1 aliphatic heterocycles. The van der Waals surface area contributed by atoms with Crippen LogP contribution in [0, 0.1) is 0 Å². The Balaban J connectivity index is 2.53. The van der Waals surface area contributed by atoms with Gasteiger partial charge in [0.2, 0.25) is 0 Å². The first-order valence-corrected chi connectivity index (χ1v) is 9.11. The van der Waals surface area contributed by atoms with Crippen LogP contribution in [0.1, 0.15) is 85.5 Å². The SMILES string of the molecule is CCCCCCC(NCCC)C(C)(C)N1CCCCC1. The number of nitrogens with one attached hydrogen (secondary N) is 1. The summed E-state index contributed by atoms with van der Waals surface area (Å²) in [5.74, 6) is 0. The second kappa shape index (κ2) is 9.78. The van der Waals surface area contributed by atoms with Gasteiger partial charge in [0.25, 0.3) is 0 Å². The summed E-state index contributed by atoms with van der Waals surface area (Å²) in [4.78, 5) is 2.74. The predicted octanol–water partition coefficient (Wildman–Crippen LogP) is 4.59. The Kier molecular flexibility index (Phi) is 8.79. The molecule has 0 spiro atoms. The van der Waals surface area contributed by atoms with Gasteiger partial charge in [-0.2, -0.15) is 0 Å². The molecule has 0 aromatic heterocycles. The lowest BCUT2D eigenvalue weighted by Gasteiger charge is -2.46. The average Bonchev–Trinajstić information content (AvgIpc) is 2.47. The van der Waals surface area contributed by atoms with Gasteiger partial charge in [-0.05, 0) is 59.2 Å². The van der Waals surface area contributed by atoms with Gasteiger partial charge in [0.05, 0.1) is 0 Å². The summed E-state index contributed by atoms with van der Waals surface area (Å²) in [6.45, 7) is 13.3. The first-order chi connectivity index (χ1) is 9.62. The number of rotatable bonds is 10. The van der Waals surface area contributed by atoms with E-state index in [4.69, 9.17) is 0 Å². The molecule has 1 heterocycles. The number of hydrogen-bond acceptors (Lipinski definition) is 2. The first kappa shape index (κ1) is 18.0. The maximum atomic E-state index is 3.84. The van der Waals surface area contributed by atoms with Crippen LogP contribution in [0.3, 0.4) is 0 Å². The third-order valence-corrected chi connectivity index (χ3v) is 5.01. The van der Waals surface area contributed by atoms with E-state index >= 15 is 0 Å². The second-order valence-corrected chi connectivity index (χ2v) is 7.06. The van der Waals surface area contributed by atoms with Crippen molar-refractivity contribution in [3.63, 3.8) is 0 Å². The number of unbranched alkanes of at least 4 members (excludes halogenated alkanes) is 3. The molecule has 1 N–H and O–H groups in total. The van der Waals surface area contributed by atoms with Crippen LogP contribution in [0.4, 0.5) is 0 Å². The maximum Gasteiger partial charge on any atom is 0.0306 e. The Morgan fingerprint density at radius 3 is 2.25 bits per heavy atom. The van der Waals surface area contributed by atoms with E-state index in [0.29, 0.717) is 11.6 Å². The molecule has 0 aromatic rings. The van der Waals surface area contributed by atoms with E-state index < -0.39 is 0 Å². The topological polar surface area (TPSA) is 15.3 Å². The van der Waals surface area contributed by atoms with Crippen molar-refractivity contribution in [3.8, 4) is 0 Å². The largest absolute Gasteiger partial charge is 0.312 e. The fourth-order valence-corrected chi connectivity index (χ4v) is 3.49. The van der Waals surface area contributed by atoms with Gasteiger partial charge in [0.15, 0.2) is 0 Å². The van der Waals surface area contributed by atoms with Gasteiger partial charge < -0.3 is 5.32 Å². The molecule has 2 heteroatoms. The van der Waals surface area contributed by atoms with Crippen LogP contribution < -0.4 is 5.32 Å². The van der Waals surface area contributed by atoms with E-state index in [0.717, 1.165) is 6.54 Å². The molecule has 0 amide bonds. The lowest BCUT2D eigenvalue weighted by molar-refractivity contribution is 0.0573. The lowest BCUT2D eigenvalue weighted by atomic mass is 9.86. The summed E-state index contributed by atoms with van der Waals surface area (Å²) in [7, 11) is 0. The van der Waals surface area contributed by atoms with E-state index in [1.165, 1.54) is 70.9 Å². The van der Waals surface area contributed by atoms with Crippen molar-refractivity contribution in [1.29, 1.82) is 0 Å². The Labute approximate surface area is 127 Å². The quantitative estimate of drug-likeness (QED) is 0.590. The zero-order chi connectivity index (χ0) is 14.8. The highest BCUT2D eigenvalue weighted by Gasteiger charge is 2.35. The van der Waals surface area contributed by atoms with Crippen LogP contribution in [0.2, 0.25) is 0 Å². The normalized spacial score (nSPS) is 19.2. The van der Waals surface area contributed by atoms with Crippen molar-refractivity contribution in [1.82, 2.24) is 10.2 Å². The van der Waals surface area contributed by atoms with Crippen molar-refractivity contribution in [2.75, 3.05) is 19.6 Å². The molecule has 0 radical (unpaired) electrons. The van der Waals surface area contributed by atoms with Crippen LogP contribution in [-0.2, 0) is 0 Å². The van der Waals surface area contributed by atoms with Gasteiger partial charge in [0.1, 0.15) is 0 Å². The third kappa shape index (κ3) is 5.73. The summed E-state index contributed by atoms with van der Waals surface area (Å²) < 4.78 is 0. The van der Waals surface area contributed by atoms with Crippen LogP contribution >= 0.6 is 0 Å². The average molecular weight is 283 g/mol. The van der Waals surface area contributed by atoms with Gasteiger partial charge in [-0.3, -0.25) is 4.90 Å². The molecule has 1 atom stereocenters. The van der Waals surface area contributed by atoms with Gasteiger partial charge in [0, 0.05) is 11.6 Å². The standard InChI is InChI=1S/C18H38N2/c1-5-7-8-10-13-17(19-14-6-2)18(3,4)20-15-11-9-12-16-20/h17,19H,5-16H2,1-4H3. The lowest BCUT2D eigenvalue weighted by Crippen LogP contribution is -2.59. The molecule has 0 aromatic carbocycles. The molecule has 1 saturated heterocycles. The zero-order valence-electron chi connectivity index (χ0n) is 14.5. The van der Waals surface area contributed by atoms with Crippen molar-refractivity contribution >= 4 is 0 Å². The minimum absolute atomic E-state index is 0.307. The van der Waals surface area contributed by atoms with Crippen LogP contribution in [0.5, 0.6) is 0 Å². The van der Waals surface area contributed by atoms with Crippen molar-refractivity contribution in [2.45, 2.75) is 97.1 Å². The molecule has 1 unspecified atom stereocenters. The van der Waals surface area contributed by atoms with Crippen molar-refractivity contribution < 1.29 is 0 Å². The molecular weight excluding hydrogens is 244 g/mol. The first-order valence-electron chi connectivity index (χ1n) is 9.11. The minimum Gasteiger partial charge on any atom is -0.312 e. The maximum absolute atomic E-state index is 3.84. The minimum atomic E-state index is 0.307. The molecule has 120 valence electrons. The highest BCUT2D eigenvalue weighted by Crippen LogP contribution is 2.26. The summed E-state index contributed by atoms with van der Waals surface area (Å²) in [5.41, 5.74) is 0.307. The van der Waals surface area contributed by atoms with Crippen LogP contribution in [-0.4, -0.2) is 36.1 Å². The summed E-state index contributed by atoms with van der Waals surface area (Å²) >= 11 is 0. The molecule has 1 rings (SSSR count). The molecule has 0 saturated carbocycles. The van der Waals surface area contributed by atoms with Gasteiger partial charge >= 0.3 is 0 Å². The molecule has 1 fully saturated rings. The van der Waals surface area contributed by atoms with Crippen LogP contribution in [0.25, 0.3) is 0 Å². The van der Waals surface area contributed by atoms with Gasteiger partial charge in [-0.1, -0.05) is 46.0 Å². The number of nitrogens with zero attached hydrogens (tertiary/aromatic N) is 1. The zero-order valence-corrected chi connectivity index (χ0v) is 14.5. The number of hydrogen-bond donors (Lipinski definition) is 1. The Morgan fingerprint density at radius 2 is 1.65 bits per heavy atom. The Morgan fingerprint density at radius 1 is 0.950 bits per heavy atom. The van der Waals surface area contributed by atoms with E-state index in [9.17, 15) is 0 Å². The second-order valence-electron chi connectivity index (χ2n) is 7.06. The fraction of sp³-hybridized carbons (Fsp3) is 1.00. The molecule has 20 heavy (non-hydrogen) atoms. The van der Waals surface area contributed by atoms with E-state index in [1.807, 2.05) is 0 Å². The molecule has 0 aliphatic carbocycles. The van der Waals surface area contributed by atoms with E-state index in [2.05, 4.69) is 37.9 Å². The molecule has 1 aliphatic rings. The Hall–Kier alpha value is -0.0800. The summed E-state index contributed by atoms with van der Waals surface area (Å²) in [6.07, 6.45) is 12.3. The summed E-state index contributed by atoms with van der Waals surface area (Å²) in [6, 6.07) is 0.650. The third-order valence-electron chi connectivity index (χ3n) is 5.01. The predicted molar refractivity (Wildman–Crippen MR) is 90.3 cm³/mol. The monoisotopic (exact) mass is 282 g/mol. The highest BCUT2D eigenvalue weighted by molar-refractivity contribution is 4.94.